The van der Waals surface area contributed by atoms with Gasteiger partial charge < -0.3 is 15.7 Å². The lowest BCUT2D eigenvalue weighted by atomic mass is 9.73. The predicted octanol–water partition coefficient (Wildman–Crippen LogP) is 4.48. The van der Waals surface area contributed by atoms with Crippen LogP contribution in [0.4, 0.5) is 5.69 Å². The zero-order valence-corrected chi connectivity index (χ0v) is 16.6. The summed E-state index contributed by atoms with van der Waals surface area (Å²) < 4.78 is 0. The fraction of sp³-hybridized carbons (Fsp3) is 0.364. The van der Waals surface area contributed by atoms with Gasteiger partial charge in [-0.2, -0.15) is 0 Å². The molecule has 1 saturated heterocycles. The molecule has 0 bridgehead atoms. The fourth-order valence-electron chi connectivity index (χ4n) is 4.42. The zero-order valence-electron chi connectivity index (χ0n) is 15.9. The van der Waals surface area contributed by atoms with Crippen LogP contribution in [0.3, 0.4) is 0 Å². The molecule has 4 rings (SSSR count). The monoisotopic (exact) mass is 398 g/mol. The van der Waals surface area contributed by atoms with E-state index in [1.807, 2.05) is 24.3 Å². The predicted molar refractivity (Wildman–Crippen MR) is 109 cm³/mol. The number of aromatic carboxylic acids is 1. The van der Waals surface area contributed by atoms with Gasteiger partial charge in [-0.25, -0.2) is 4.79 Å². The van der Waals surface area contributed by atoms with Gasteiger partial charge in [0.2, 0.25) is 5.91 Å². The first-order chi connectivity index (χ1) is 13.3. The Morgan fingerprint density at radius 1 is 1.21 bits per heavy atom. The number of rotatable bonds is 3. The Bertz CT molecular complexity index is 970. The standard InChI is InChI=1S/C22H23ClN2O3/c1-22(2)11-18(25-19-16(21(27)28)9-14(23)10-17(19)22)13-5-3-4-12(8-13)15-6-7-24-20(15)26/h3-5,8-10,15,18,25H,6-7,11H2,1-2H3,(H,24,26)(H,27,28). The lowest BCUT2D eigenvalue weighted by molar-refractivity contribution is -0.120. The van der Waals surface area contributed by atoms with Crippen LogP contribution in [0.1, 0.15) is 65.7 Å². The van der Waals surface area contributed by atoms with Crippen molar-refractivity contribution in [2.24, 2.45) is 0 Å². The zero-order chi connectivity index (χ0) is 20.1. The van der Waals surface area contributed by atoms with Crippen LogP contribution in [0, 0.1) is 0 Å². The minimum Gasteiger partial charge on any atom is -0.478 e. The maximum Gasteiger partial charge on any atom is 0.337 e. The van der Waals surface area contributed by atoms with Crippen molar-refractivity contribution in [3.63, 3.8) is 0 Å². The van der Waals surface area contributed by atoms with Crippen LogP contribution < -0.4 is 10.6 Å². The van der Waals surface area contributed by atoms with E-state index in [4.69, 9.17) is 11.6 Å². The molecule has 146 valence electrons. The highest BCUT2D eigenvalue weighted by Gasteiger charge is 2.36. The number of benzene rings is 2. The molecule has 2 aliphatic rings. The van der Waals surface area contributed by atoms with Crippen molar-refractivity contribution in [3.05, 3.63) is 63.7 Å². The number of anilines is 1. The molecular formula is C22H23ClN2O3. The minimum atomic E-state index is -1.00. The second-order valence-electron chi connectivity index (χ2n) is 8.27. The van der Waals surface area contributed by atoms with Crippen molar-refractivity contribution in [1.29, 1.82) is 0 Å². The van der Waals surface area contributed by atoms with Gasteiger partial charge >= 0.3 is 5.97 Å². The lowest BCUT2D eigenvalue weighted by Gasteiger charge is -2.40. The smallest absolute Gasteiger partial charge is 0.337 e. The van der Waals surface area contributed by atoms with Crippen LogP contribution in [-0.2, 0) is 10.2 Å². The number of carboxylic acid groups (broad SMARTS) is 1. The molecule has 2 heterocycles. The topological polar surface area (TPSA) is 78.4 Å². The van der Waals surface area contributed by atoms with E-state index in [0.29, 0.717) is 17.3 Å². The SMILES string of the molecule is CC1(C)CC(c2cccc(C3CCNC3=O)c2)Nc2c(C(=O)O)cc(Cl)cc21. The first-order valence-electron chi connectivity index (χ1n) is 9.48. The van der Waals surface area contributed by atoms with Crippen LogP contribution in [0.15, 0.2) is 36.4 Å². The minimum absolute atomic E-state index is 0.0498. The van der Waals surface area contributed by atoms with E-state index in [9.17, 15) is 14.7 Å². The van der Waals surface area contributed by atoms with Crippen molar-refractivity contribution in [1.82, 2.24) is 5.32 Å². The maximum absolute atomic E-state index is 12.1. The van der Waals surface area contributed by atoms with E-state index in [1.165, 1.54) is 6.07 Å². The van der Waals surface area contributed by atoms with Gasteiger partial charge in [0.15, 0.2) is 0 Å². The number of nitrogens with one attached hydrogen (secondary N) is 2. The summed E-state index contributed by atoms with van der Waals surface area (Å²) in [5.41, 5.74) is 3.55. The van der Waals surface area contributed by atoms with Crippen molar-refractivity contribution in [2.45, 2.75) is 44.1 Å². The number of carboxylic acids is 1. The summed E-state index contributed by atoms with van der Waals surface area (Å²) >= 11 is 6.18. The second kappa shape index (κ2) is 6.82. The van der Waals surface area contributed by atoms with Gasteiger partial charge in [0.25, 0.3) is 0 Å². The molecule has 5 nitrogen and oxygen atoms in total. The van der Waals surface area contributed by atoms with Crippen LogP contribution in [0.2, 0.25) is 5.02 Å². The average molecular weight is 399 g/mol. The quantitative estimate of drug-likeness (QED) is 0.712. The van der Waals surface area contributed by atoms with Crippen molar-refractivity contribution < 1.29 is 14.7 Å². The number of hydrogen-bond acceptors (Lipinski definition) is 3. The molecule has 2 atom stereocenters. The summed E-state index contributed by atoms with van der Waals surface area (Å²) in [6, 6.07) is 11.4. The Balaban J connectivity index is 1.74. The van der Waals surface area contributed by atoms with Gasteiger partial charge in [-0.05, 0) is 47.1 Å². The molecule has 0 aliphatic carbocycles. The van der Waals surface area contributed by atoms with E-state index in [0.717, 1.165) is 29.5 Å². The summed E-state index contributed by atoms with van der Waals surface area (Å²) in [5, 5.41) is 16.4. The van der Waals surface area contributed by atoms with E-state index >= 15 is 0 Å². The van der Waals surface area contributed by atoms with Crippen LogP contribution in [0.5, 0.6) is 0 Å². The van der Waals surface area contributed by atoms with Crippen molar-refractivity contribution >= 4 is 29.2 Å². The molecule has 2 aromatic carbocycles. The molecule has 2 aliphatic heterocycles. The van der Waals surface area contributed by atoms with Gasteiger partial charge in [-0.1, -0.05) is 49.7 Å². The normalized spacial score (nSPS) is 22.9. The Labute approximate surface area is 169 Å². The summed E-state index contributed by atoms with van der Waals surface area (Å²) in [7, 11) is 0. The summed E-state index contributed by atoms with van der Waals surface area (Å²) in [4.78, 5) is 23.9. The first-order valence-corrected chi connectivity index (χ1v) is 9.85. The summed E-state index contributed by atoms with van der Waals surface area (Å²) in [6.07, 6.45) is 1.59. The third kappa shape index (κ3) is 3.24. The third-order valence-corrected chi connectivity index (χ3v) is 6.08. The molecule has 28 heavy (non-hydrogen) atoms. The highest BCUT2D eigenvalue weighted by molar-refractivity contribution is 6.31. The fourth-order valence-corrected chi connectivity index (χ4v) is 4.63. The number of hydrogen-bond donors (Lipinski definition) is 3. The molecule has 0 spiro atoms. The van der Waals surface area contributed by atoms with E-state index in [2.05, 4.69) is 30.5 Å². The molecule has 2 unspecified atom stereocenters. The molecular weight excluding hydrogens is 376 g/mol. The number of fused-ring (bicyclic) bond motifs is 1. The largest absolute Gasteiger partial charge is 0.478 e. The van der Waals surface area contributed by atoms with E-state index in [-0.39, 0.29) is 28.8 Å². The van der Waals surface area contributed by atoms with Gasteiger partial charge in [0.05, 0.1) is 23.2 Å². The maximum atomic E-state index is 12.1. The molecule has 0 aromatic heterocycles. The Morgan fingerprint density at radius 2 is 1.96 bits per heavy atom. The summed E-state index contributed by atoms with van der Waals surface area (Å²) in [6.45, 7) is 4.92. The summed E-state index contributed by atoms with van der Waals surface area (Å²) in [5.74, 6) is -1.04. The third-order valence-electron chi connectivity index (χ3n) is 5.86. The van der Waals surface area contributed by atoms with Gasteiger partial charge in [0, 0.05) is 11.6 Å². The van der Waals surface area contributed by atoms with Gasteiger partial charge in [0.1, 0.15) is 0 Å². The first kappa shape index (κ1) is 18.8. The second-order valence-corrected chi connectivity index (χ2v) is 8.70. The lowest BCUT2D eigenvalue weighted by Crippen LogP contribution is -2.32. The number of carbonyl (C=O) groups excluding carboxylic acids is 1. The van der Waals surface area contributed by atoms with Crippen molar-refractivity contribution in [3.8, 4) is 0 Å². The highest BCUT2D eigenvalue weighted by Crippen LogP contribution is 2.46. The van der Waals surface area contributed by atoms with E-state index in [1.54, 1.807) is 0 Å². The van der Waals surface area contributed by atoms with Crippen molar-refractivity contribution in [2.75, 3.05) is 11.9 Å². The van der Waals surface area contributed by atoms with Crippen LogP contribution in [0.25, 0.3) is 0 Å². The molecule has 3 N–H and O–H groups in total. The highest BCUT2D eigenvalue weighted by atomic mass is 35.5. The Kier molecular flexibility index (Phi) is 4.58. The van der Waals surface area contributed by atoms with Crippen LogP contribution in [-0.4, -0.2) is 23.5 Å². The van der Waals surface area contributed by atoms with Gasteiger partial charge in [-0.3, -0.25) is 4.79 Å². The number of amides is 1. The Morgan fingerprint density at radius 3 is 2.64 bits per heavy atom. The molecule has 0 radical (unpaired) electrons. The van der Waals surface area contributed by atoms with Crippen LogP contribution >= 0.6 is 11.6 Å². The molecule has 0 saturated carbocycles. The molecule has 1 amide bonds. The number of carbonyl (C=O) groups is 2. The number of halogens is 1. The average Bonchev–Trinajstić information content (AvgIpc) is 3.07. The molecule has 2 aromatic rings. The van der Waals surface area contributed by atoms with E-state index < -0.39 is 5.97 Å². The Hall–Kier alpha value is -2.53. The molecule has 1 fully saturated rings. The molecule has 6 heteroatoms. The van der Waals surface area contributed by atoms with Gasteiger partial charge in [-0.15, -0.1) is 0 Å².